The van der Waals surface area contributed by atoms with Gasteiger partial charge in [0.25, 0.3) is 0 Å². The van der Waals surface area contributed by atoms with Crippen molar-refractivity contribution in [2.24, 2.45) is 16.8 Å². The largest absolute Gasteiger partial charge is 0.381 e. The number of aliphatic imine (C=N–C) groups is 1. The van der Waals surface area contributed by atoms with Gasteiger partial charge in [0.15, 0.2) is 5.96 Å². The maximum atomic E-state index is 11.7. The normalized spacial score (nSPS) is 18.0. The molecule has 1 aliphatic rings. The van der Waals surface area contributed by atoms with Crippen molar-refractivity contribution in [3.05, 3.63) is 0 Å². The number of amides is 1. The van der Waals surface area contributed by atoms with E-state index in [0.29, 0.717) is 30.9 Å². The fourth-order valence-corrected chi connectivity index (χ4v) is 2.11. The molecular weight excluding hydrogens is 308 g/mol. The zero-order chi connectivity index (χ0) is 17.8. The van der Waals surface area contributed by atoms with Crippen LogP contribution in [-0.2, 0) is 14.3 Å². The summed E-state index contributed by atoms with van der Waals surface area (Å²) in [6, 6.07) is 0. The van der Waals surface area contributed by atoms with Crippen molar-refractivity contribution in [2.75, 3.05) is 60.2 Å². The lowest BCUT2D eigenvalue weighted by Crippen LogP contribution is -2.42. The lowest BCUT2D eigenvalue weighted by Gasteiger charge is -2.16. The summed E-state index contributed by atoms with van der Waals surface area (Å²) in [5.41, 5.74) is 0. The third kappa shape index (κ3) is 9.72. The molecule has 1 aliphatic heterocycles. The van der Waals surface area contributed by atoms with Crippen LogP contribution in [0, 0.1) is 11.8 Å². The molecule has 1 atom stereocenters. The molecule has 0 spiro atoms. The molecule has 0 aliphatic carbocycles. The molecule has 1 rings (SSSR count). The van der Waals surface area contributed by atoms with E-state index >= 15 is 0 Å². The summed E-state index contributed by atoms with van der Waals surface area (Å²) >= 11 is 0. The Kier molecular flexibility index (Phi) is 10.4. The van der Waals surface area contributed by atoms with Gasteiger partial charge < -0.3 is 25.0 Å². The van der Waals surface area contributed by atoms with Crippen molar-refractivity contribution in [1.29, 1.82) is 0 Å². The molecule has 7 heteroatoms. The van der Waals surface area contributed by atoms with Gasteiger partial charge in [-0.15, -0.1) is 0 Å². The summed E-state index contributed by atoms with van der Waals surface area (Å²) in [5, 5.41) is 6.53. The predicted molar refractivity (Wildman–Crippen MR) is 96.2 cm³/mol. The van der Waals surface area contributed by atoms with Crippen LogP contribution in [0.15, 0.2) is 4.99 Å². The van der Waals surface area contributed by atoms with E-state index in [1.807, 2.05) is 0 Å². The number of ether oxygens (including phenoxy) is 2. The molecule has 0 aromatic rings. The van der Waals surface area contributed by atoms with Crippen LogP contribution >= 0.6 is 0 Å². The Morgan fingerprint density at radius 2 is 2.12 bits per heavy atom. The highest BCUT2D eigenvalue weighted by molar-refractivity contribution is 5.84. The topological polar surface area (TPSA) is 75.2 Å². The second kappa shape index (κ2) is 12.1. The highest BCUT2D eigenvalue weighted by atomic mass is 16.5. The number of likely N-dealkylation sites (N-methyl/N-ethyl adjacent to an activating group) is 1. The molecule has 2 N–H and O–H groups in total. The summed E-state index contributed by atoms with van der Waals surface area (Å²) in [7, 11) is 3.47. The average Bonchev–Trinajstić information content (AvgIpc) is 3.05. The van der Waals surface area contributed by atoms with Crippen molar-refractivity contribution >= 4 is 11.9 Å². The van der Waals surface area contributed by atoms with Gasteiger partial charge in [0.05, 0.1) is 13.2 Å². The Morgan fingerprint density at radius 3 is 2.75 bits per heavy atom. The second-order valence-electron chi connectivity index (χ2n) is 6.79. The summed E-state index contributed by atoms with van der Waals surface area (Å²) in [5.74, 6) is 1.80. The Morgan fingerprint density at radius 1 is 1.33 bits per heavy atom. The molecule has 1 fully saturated rings. The van der Waals surface area contributed by atoms with E-state index in [1.54, 1.807) is 19.0 Å². The molecule has 7 nitrogen and oxygen atoms in total. The molecule has 1 saturated heterocycles. The number of guanidine groups is 1. The molecule has 0 bridgehead atoms. The summed E-state index contributed by atoms with van der Waals surface area (Å²) < 4.78 is 11.0. The van der Waals surface area contributed by atoms with E-state index in [0.717, 1.165) is 39.2 Å². The predicted octanol–water partition coefficient (Wildman–Crippen LogP) is 0.709. The third-order valence-electron chi connectivity index (χ3n) is 3.83. The summed E-state index contributed by atoms with van der Waals surface area (Å²) in [6.07, 6.45) is 2.13. The molecular formula is C17H34N4O3. The SMILES string of the molecule is CC(C)CCOCCNC(=NCC(=O)N(C)C)NCC1CCOC1. The van der Waals surface area contributed by atoms with Crippen LogP contribution < -0.4 is 10.6 Å². The standard InChI is InChI=1S/C17H34N4O3/c1-14(2)5-8-23-10-7-18-17(20-12-16(22)21(3)4)19-11-15-6-9-24-13-15/h14-15H,5-13H2,1-4H3,(H2,18,19,20). The molecule has 0 aromatic carbocycles. The van der Waals surface area contributed by atoms with E-state index in [1.165, 1.54) is 0 Å². The van der Waals surface area contributed by atoms with Gasteiger partial charge in [-0.25, -0.2) is 4.99 Å². The molecule has 1 heterocycles. The number of nitrogens with zero attached hydrogens (tertiary/aromatic N) is 2. The van der Waals surface area contributed by atoms with Crippen LogP contribution in [0.1, 0.15) is 26.7 Å². The first kappa shape index (κ1) is 20.7. The first-order chi connectivity index (χ1) is 11.5. The fourth-order valence-electron chi connectivity index (χ4n) is 2.11. The molecule has 140 valence electrons. The van der Waals surface area contributed by atoms with Crippen LogP contribution in [0.4, 0.5) is 0 Å². The molecule has 24 heavy (non-hydrogen) atoms. The second-order valence-corrected chi connectivity index (χ2v) is 6.79. The maximum absolute atomic E-state index is 11.7. The lowest BCUT2D eigenvalue weighted by molar-refractivity contribution is -0.127. The average molecular weight is 342 g/mol. The summed E-state index contributed by atoms with van der Waals surface area (Å²) in [6.45, 7) is 8.99. The van der Waals surface area contributed by atoms with Gasteiger partial charge in [-0.2, -0.15) is 0 Å². The van der Waals surface area contributed by atoms with Crippen LogP contribution in [0.2, 0.25) is 0 Å². The number of carbonyl (C=O) groups excluding carboxylic acids is 1. The van der Waals surface area contributed by atoms with E-state index in [-0.39, 0.29) is 12.5 Å². The number of carbonyl (C=O) groups is 1. The zero-order valence-corrected chi connectivity index (χ0v) is 15.6. The van der Waals surface area contributed by atoms with Crippen LogP contribution in [0.5, 0.6) is 0 Å². The molecule has 0 aromatic heterocycles. The van der Waals surface area contributed by atoms with Crippen molar-refractivity contribution in [3.63, 3.8) is 0 Å². The molecule has 0 radical (unpaired) electrons. The van der Waals surface area contributed by atoms with Gasteiger partial charge in [-0.3, -0.25) is 4.79 Å². The number of hydrogen-bond donors (Lipinski definition) is 2. The quantitative estimate of drug-likeness (QED) is 0.347. The number of hydrogen-bond acceptors (Lipinski definition) is 4. The third-order valence-corrected chi connectivity index (χ3v) is 3.83. The first-order valence-corrected chi connectivity index (χ1v) is 8.87. The fraction of sp³-hybridized carbons (Fsp3) is 0.882. The Hall–Kier alpha value is -1.34. The van der Waals surface area contributed by atoms with Crippen molar-refractivity contribution in [1.82, 2.24) is 15.5 Å². The molecule has 0 saturated carbocycles. The van der Waals surface area contributed by atoms with Gasteiger partial charge in [0.1, 0.15) is 6.54 Å². The van der Waals surface area contributed by atoms with E-state index in [9.17, 15) is 4.79 Å². The van der Waals surface area contributed by atoms with E-state index in [2.05, 4.69) is 29.5 Å². The van der Waals surface area contributed by atoms with Gasteiger partial charge in [-0.05, 0) is 18.8 Å². The Bertz CT molecular complexity index is 380. The van der Waals surface area contributed by atoms with Gasteiger partial charge in [-0.1, -0.05) is 13.8 Å². The van der Waals surface area contributed by atoms with Crippen LogP contribution in [0.3, 0.4) is 0 Å². The Balaban J connectivity index is 2.32. The van der Waals surface area contributed by atoms with Crippen molar-refractivity contribution in [2.45, 2.75) is 26.7 Å². The number of nitrogens with one attached hydrogen (secondary N) is 2. The minimum absolute atomic E-state index is 0.0199. The lowest BCUT2D eigenvalue weighted by atomic mass is 10.1. The zero-order valence-electron chi connectivity index (χ0n) is 15.6. The smallest absolute Gasteiger partial charge is 0.243 e. The highest BCUT2D eigenvalue weighted by Gasteiger charge is 2.15. The first-order valence-electron chi connectivity index (χ1n) is 8.87. The van der Waals surface area contributed by atoms with Crippen molar-refractivity contribution in [3.8, 4) is 0 Å². The van der Waals surface area contributed by atoms with Crippen LogP contribution in [0.25, 0.3) is 0 Å². The van der Waals surface area contributed by atoms with Crippen molar-refractivity contribution < 1.29 is 14.3 Å². The van der Waals surface area contributed by atoms with Gasteiger partial charge in [0, 0.05) is 46.3 Å². The molecule has 1 amide bonds. The highest BCUT2D eigenvalue weighted by Crippen LogP contribution is 2.10. The maximum Gasteiger partial charge on any atom is 0.243 e. The summed E-state index contributed by atoms with van der Waals surface area (Å²) in [4.78, 5) is 17.6. The monoisotopic (exact) mass is 342 g/mol. The van der Waals surface area contributed by atoms with Gasteiger partial charge in [0.2, 0.25) is 5.91 Å². The molecule has 1 unspecified atom stereocenters. The number of rotatable bonds is 10. The van der Waals surface area contributed by atoms with E-state index in [4.69, 9.17) is 9.47 Å². The van der Waals surface area contributed by atoms with Gasteiger partial charge >= 0.3 is 0 Å². The van der Waals surface area contributed by atoms with Crippen LogP contribution in [-0.4, -0.2) is 76.9 Å². The minimum atomic E-state index is -0.0199. The Labute approximate surface area is 146 Å². The minimum Gasteiger partial charge on any atom is -0.381 e. The van der Waals surface area contributed by atoms with E-state index < -0.39 is 0 Å².